The lowest BCUT2D eigenvalue weighted by atomic mass is 10.2. The maximum absolute atomic E-state index is 8.95. The summed E-state index contributed by atoms with van der Waals surface area (Å²) in [5, 5.41) is 13.2. The Morgan fingerprint density at radius 3 is 2.75 bits per heavy atom. The molecule has 0 unspecified atom stereocenters. The predicted molar refractivity (Wildman–Crippen MR) is 47.8 cm³/mol. The van der Waals surface area contributed by atoms with Crippen LogP contribution >= 0.6 is 0 Å². The van der Waals surface area contributed by atoms with Gasteiger partial charge in [-0.1, -0.05) is 20.3 Å². The van der Waals surface area contributed by atoms with E-state index in [1.807, 2.05) is 0 Å². The number of aryl methyl sites for hydroxylation is 2. The number of nitrogens with zero attached hydrogens (tertiary/aromatic N) is 2. The molecule has 0 aromatic carbocycles. The molecule has 1 heterocycles. The van der Waals surface area contributed by atoms with Gasteiger partial charge in [0, 0.05) is 5.69 Å². The second-order valence-corrected chi connectivity index (χ2v) is 2.87. The highest BCUT2D eigenvalue weighted by atomic mass is 16.3. The third kappa shape index (κ3) is 1.85. The third-order valence-electron chi connectivity index (χ3n) is 1.92. The van der Waals surface area contributed by atoms with Crippen LogP contribution in [0.25, 0.3) is 0 Å². The van der Waals surface area contributed by atoms with Crippen LogP contribution in [0.3, 0.4) is 0 Å². The lowest BCUT2D eigenvalue weighted by Gasteiger charge is -2.00. The van der Waals surface area contributed by atoms with Crippen LogP contribution in [0.5, 0.6) is 0 Å². The molecule has 0 aliphatic heterocycles. The van der Waals surface area contributed by atoms with Crippen molar-refractivity contribution in [1.82, 2.24) is 9.78 Å². The third-order valence-corrected chi connectivity index (χ3v) is 1.92. The molecule has 0 bridgehead atoms. The minimum Gasteiger partial charge on any atom is -0.374 e. The van der Waals surface area contributed by atoms with Gasteiger partial charge in [-0.3, -0.25) is 0 Å². The van der Waals surface area contributed by atoms with Crippen LogP contribution in [0.4, 0.5) is 0 Å². The molecule has 1 aromatic heterocycles. The fraction of sp³-hybridized carbons (Fsp3) is 0.667. The standard InChI is InChI=1S/C9H16N2O/c1-3-5-9-6-8(4-2)10-11(9)7-12/h6,12H,3-5,7H2,1-2H3. The van der Waals surface area contributed by atoms with Gasteiger partial charge in [-0.15, -0.1) is 0 Å². The van der Waals surface area contributed by atoms with Crippen molar-refractivity contribution < 1.29 is 5.11 Å². The van der Waals surface area contributed by atoms with Gasteiger partial charge in [0.1, 0.15) is 6.73 Å². The number of aliphatic hydroxyl groups excluding tert-OH is 1. The summed E-state index contributed by atoms with van der Waals surface area (Å²) >= 11 is 0. The normalized spacial score (nSPS) is 10.6. The maximum Gasteiger partial charge on any atom is 0.136 e. The van der Waals surface area contributed by atoms with E-state index < -0.39 is 0 Å². The Kier molecular flexibility index (Phi) is 3.29. The molecule has 0 radical (unpaired) electrons. The van der Waals surface area contributed by atoms with Crippen LogP contribution in [-0.2, 0) is 19.6 Å². The number of aliphatic hydroxyl groups is 1. The van der Waals surface area contributed by atoms with Crippen LogP contribution in [-0.4, -0.2) is 14.9 Å². The van der Waals surface area contributed by atoms with Crippen molar-refractivity contribution in [3.05, 3.63) is 17.5 Å². The number of aromatic nitrogens is 2. The zero-order chi connectivity index (χ0) is 8.97. The monoisotopic (exact) mass is 168 g/mol. The van der Waals surface area contributed by atoms with Gasteiger partial charge in [0.2, 0.25) is 0 Å². The molecule has 0 atom stereocenters. The van der Waals surface area contributed by atoms with Gasteiger partial charge >= 0.3 is 0 Å². The smallest absolute Gasteiger partial charge is 0.136 e. The average molecular weight is 168 g/mol. The van der Waals surface area contributed by atoms with E-state index in [0.717, 1.165) is 30.7 Å². The van der Waals surface area contributed by atoms with Crippen molar-refractivity contribution in [2.45, 2.75) is 39.8 Å². The molecule has 12 heavy (non-hydrogen) atoms. The summed E-state index contributed by atoms with van der Waals surface area (Å²) in [6.07, 6.45) is 3.02. The molecule has 1 rings (SSSR count). The highest BCUT2D eigenvalue weighted by molar-refractivity contribution is 5.10. The highest BCUT2D eigenvalue weighted by Gasteiger charge is 2.03. The summed E-state index contributed by atoms with van der Waals surface area (Å²) in [6.45, 7) is 4.19. The van der Waals surface area contributed by atoms with E-state index in [0.29, 0.717) is 0 Å². The molecule has 0 amide bonds. The van der Waals surface area contributed by atoms with E-state index in [4.69, 9.17) is 5.11 Å². The van der Waals surface area contributed by atoms with E-state index in [1.165, 1.54) is 0 Å². The van der Waals surface area contributed by atoms with Gasteiger partial charge in [0.25, 0.3) is 0 Å². The van der Waals surface area contributed by atoms with Crippen molar-refractivity contribution in [1.29, 1.82) is 0 Å². The van der Waals surface area contributed by atoms with Gasteiger partial charge < -0.3 is 5.11 Å². The summed E-state index contributed by atoms with van der Waals surface area (Å²) in [7, 11) is 0. The van der Waals surface area contributed by atoms with Crippen molar-refractivity contribution in [3.63, 3.8) is 0 Å². The van der Waals surface area contributed by atoms with Gasteiger partial charge in [-0.05, 0) is 18.9 Å². The molecule has 3 heteroatoms. The van der Waals surface area contributed by atoms with Crippen molar-refractivity contribution in [3.8, 4) is 0 Å². The Balaban J connectivity index is 2.84. The van der Waals surface area contributed by atoms with E-state index >= 15 is 0 Å². The lowest BCUT2D eigenvalue weighted by molar-refractivity contribution is 0.190. The topological polar surface area (TPSA) is 38.0 Å². The van der Waals surface area contributed by atoms with Gasteiger partial charge in [0.15, 0.2) is 0 Å². The first-order valence-corrected chi connectivity index (χ1v) is 4.48. The van der Waals surface area contributed by atoms with Gasteiger partial charge in [0.05, 0.1) is 5.69 Å². The zero-order valence-electron chi connectivity index (χ0n) is 7.75. The molecule has 0 saturated heterocycles. The first-order valence-electron chi connectivity index (χ1n) is 4.48. The highest BCUT2D eigenvalue weighted by Crippen LogP contribution is 2.07. The summed E-state index contributed by atoms with van der Waals surface area (Å²) in [6, 6.07) is 2.07. The fourth-order valence-corrected chi connectivity index (χ4v) is 1.27. The Morgan fingerprint density at radius 2 is 2.25 bits per heavy atom. The van der Waals surface area contributed by atoms with Crippen LogP contribution in [0.1, 0.15) is 31.7 Å². The largest absolute Gasteiger partial charge is 0.374 e. The zero-order valence-corrected chi connectivity index (χ0v) is 7.75. The molecule has 0 fully saturated rings. The second-order valence-electron chi connectivity index (χ2n) is 2.87. The molecule has 0 saturated carbocycles. The quantitative estimate of drug-likeness (QED) is 0.737. The predicted octanol–water partition coefficient (Wildman–Crippen LogP) is 1.35. The number of hydrogen-bond donors (Lipinski definition) is 1. The lowest BCUT2D eigenvalue weighted by Crippen LogP contribution is -2.04. The minimum atomic E-state index is -0.00463. The van der Waals surface area contributed by atoms with Crippen molar-refractivity contribution >= 4 is 0 Å². The SMILES string of the molecule is CCCc1cc(CC)nn1CO. The Labute approximate surface area is 73.0 Å². The Bertz CT molecular complexity index is 243. The maximum atomic E-state index is 8.95. The molecule has 1 N–H and O–H groups in total. The molecule has 3 nitrogen and oxygen atoms in total. The number of rotatable bonds is 4. The minimum absolute atomic E-state index is 0.00463. The fourth-order valence-electron chi connectivity index (χ4n) is 1.27. The van der Waals surface area contributed by atoms with Crippen LogP contribution in [0, 0.1) is 0 Å². The van der Waals surface area contributed by atoms with E-state index in [9.17, 15) is 0 Å². The molecular formula is C9H16N2O. The molecule has 68 valence electrons. The van der Waals surface area contributed by atoms with Gasteiger partial charge in [-0.25, -0.2) is 4.68 Å². The molecular weight excluding hydrogens is 152 g/mol. The average Bonchev–Trinajstić information content (AvgIpc) is 2.48. The van der Waals surface area contributed by atoms with Crippen LogP contribution in [0.15, 0.2) is 6.07 Å². The summed E-state index contributed by atoms with van der Waals surface area (Å²) in [4.78, 5) is 0. The first-order chi connectivity index (χ1) is 5.81. The summed E-state index contributed by atoms with van der Waals surface area (Å²) in [5.41, 5.74) is 2.20. The molecule has 0 spiro atoms. The molecule has 1 aromatic rings. The Morgan fingerprint density at radius 1 is 1.50 bits per heavy atom. The first kappa shape index (κ1) is 9.26. The van der Waals surface area contributed by atoms with Crippen molar-refractivity contribution in [2.24, 2.45) is 0 Å². The van der Waals surface area contributed by atoms with Gasteiger partial charge in [-0.2, -0.15) is 5.10 Å². The summed E-state index contributed by atoms with van der Waals surface area (Å²) in [5.74, 6) is 0. The molecule has 0 aliphatic carbocycles. The van der Waals surface area contributed by atoms with Crippen LogP contribution < -0.4 is 0 Å². The van der Waals surface area contributed by atoms with Crippen LogP contribution in [0.2, 0.25) is 0 Å². The second kappa shape index (κ2) is 4.26. The Hall–Kier alpha value is -0.830. The molecule has 0 aliphatic rings. The van der Waals surface area contributed by atoms with E-state index in [2.05, 4.69) is 25.0 Å². The summed E-state index contributed by atoms with van der Waals surface area (Å²) < 4.78 is 1.67. The van der Waals surface area contributed by atoms with E-state index in [-0.39, 0.29) is 6.73 Å². The van der Waals surface area contributed by atoms with Crippen molar-refractivity contribution in [2.75, 3.05) is 0 Å². The van der Waals surface area contributed by atoms with E-state index in [1.54, 1.807) is 4.68 Å². The number of hydrogen-bond acceptors (Lipinski definition) is 2.